The highest BCUT2D eigenvalue weighted by atomic mass is 79.9. The van der Waals surface area contributed by atoms with Gasteiger partial charge in [-0.25, -0.2) is 9.97 Å². The quantitative estimate of drug-likeness (QED) is 0.709. The molecule has 4 heterocycles. The molecule has 0 saturated carbocycles. The zero-order valence-electron chi connectivity index (χ0n) is 10.8. The van der Waals surface area contributed by atoms with Gasteiger partial charge in [0.1, 0.15) is 12.1 Å². The second-order valence-corrected chi connectivity index (χ2v) is 5.82. The maximum Gasteiger partial charge on any atom is 0.163 e. The Balaban J connectivity index is 1.60. The second-order valence-electron chi connectivity index (χ2n) is 4.90. The molecule has 1 aliphatic heterocycles. The number of aromatic nitrogens is 6. The van der Waals surface area contributed by atoms with E-state index in [0.717, 1.165) is 34.4 Å². The van der Waals surface area contributed by atoms with Gasteiger partial charge in [-0.05, 0) is 15.9 Å². The van der Waals surface area contributed by atoms with Gasteiger partial charge in [0, 0.05) is 26.3 Å². The molecule has 7 nitrogen and oxygen atoms in total. The molecule has 0 atom stereocenters. The van der Waals surface area contributed by atoms with Gasteiger partial charge in [0.25, 0.3) is 0 Å². The summed E-state index contributed by atoms with van der Waals surface area (Å²) in [6.45, 7) is 1.80. The number of halogens is 1. The minimum Gasteiger partial charge on any atom is -0.351 e. The van der Waals surface area contributed by atoms with Gasteiger partial charge < -0.3 is 4.90 Å². The van der Waals surface area contributed by atoms with Crippen LogP contribution in [0.3, 0.4) is 0 Å². The molecule has 20 heavy (non-hydrogen) atoms. The molecular formula is C12H12BrN7. The Labute approximate surface area is 123 Å². The topological polar surface area (TPSA) is 64.7 Å². The Morgan fingerprint density at radius 3 is 2.80 bits per heavy atom. The largest absolute Gasteiger partial charge is 0.351 e. The molecule has 4 rings (SSSR count). The monoisotopic (exact) mass is 333 g/mol. The number of aryl methyl sites for hydroxylation is 1. The molecule has 0 bridgehead atoms. The molecule has 0 N–H and O–H groups in total. The number of hydrogen-bond donors (Lipinski definition) is 0. The van der Waals surface area contributed by atoms with Crippen LogP contribution in [0.25, 0.3) is 11.0 Å². The SMILES string of the molecule is Cn1ncc2c(N3CC(n4cc(Br)cn4)C3)ncnc21. The highest BCUT2D eigenvalue weighted by molar-refractivity contribution is 9.10. The lowest BCUT2D eigenvalue weighted by molar-refractivity contribution is 0.366. The number of nitrogens with zero attached hydrogens (tertiary/aromatic N) is 7. The molecule has 1 fully saturated rings. The first-order chi connectivity index (χ1) is 9.72. The third-order valence-corrected chi connectivity index (χ3v) is 4.02. The molecule has 0 aliphatic carbocycles. The van der Waals surface area contributed by atoms with Crippen LogP contribution in [0.15, 0.2) is 29.4 Å². The van der Waals surface area contributed by atoms with Crippen molar-refractivity contribution in [3.8, 4) is 0 Å². The van der Waals surface area contributed by atoms with E-state index >= 15 is 0 Å². The Morgan fingerprint density at radius 2 is 2.05 bits per heavy atom. The third-order valence-electron chi connectivity index (χ3n) is 3.61. The average Bonchev–Trinajstić information content (AvgIpc) is 2.96. The van der Waals surface area contributed by atoms with Crippen LogP contribution >= 0.6 is 15.9 Å². The molecule has 8 heteroatoms. The van der Waals surface area contributed by atoms with Crippen LogP contribution < -0.4 is 4.90 Å². The van der Waals surface area contributed by atoms with Crippen molar-refractivity contribution >= 4 is 32.8 Å². The first-order valence-electron chi connectivity index (χ1n) is 6.29. The van der Waals surface area contributed by atoms with Crippen molar-refractivity contribution in [3.05, 3.63) is 29.4 Å². The van der Waals surface area contributed by atoms with Crippen molar-refractivity contribution in [2.75, 3.05) is 18.0 Å². The van der Waals surface area contributed by atoms with Crippen LogP contribution in [0, 0.1) is 0 Å². The van der Waals surface area contributed by atoms with E-state index in [0.29, 0.717) is 6.04 Å². The number of rotatable bonds is 2. The van der Waals surface area contributed by atoms with Crippen molar-refractivity contribution in [3.63, 3.8) is 0 Å². The van der Waals surface area contributed by atoms with Gasteiger partial charge in [0.15, 0.2) is 5.65 Å². The molecule has 102 valence electrons. The molecule has 3 aromatic rings. The summed E-state index contributed by atoms with van der Waals surface area (Å²) in [4.78, 5) is 10.9. The van der Waals surface area contributed by atoms with E-state index in [1.807, 2.05) is 30.3 Å². The van der Waals surface area contributed by atoms with E-state index in [1.165, 1.54) is 0 Å². The first kappa shape index (κ1) is 11.8. The van der Waals surface area contributed by atoms with Gasteiger partial charge in [-0.2, -0.15) is 10.2 Å². The Hall–Kier alpha value is -1.96. The van der Waals surface area contributed by atoms with Gasteiger partial charge in [-0.3, -0.25) is 9.36 Å². The average molecular weight is 334 g/mol. The normalized spacial score (nSPS) is 15.8. The van der Waals surface area contributed by atoms with Crippen molar-refractivity contribution in [2.24, 2.45) is 7.05 Å². The van der Waals surface area contributed by atoms with Gasteiger partial charge in [0.2, 0.25) is 0 Å². The first-order valence-corrected chi connectivity index (χ1v) is 7.09. The summed E-state index contributed by atoms with van der Waals surface area (Å²) < 4.78 is 4.76. The maximum atomic E-state index is 4.40. The standard InChI is InChI=1S/C12H12BrN7/c1-18-11-10(3-16-18)12(15-7-14-11)19-5-9(6-19)20-4-8(13)2-17-20/h2-4,7,9H,5-6H2,1H3. The van der Waals surface area contributed by atoms with Crippen LogP contribution in [0.5, 0.6) is 0 Å². The third kappa shape index (κ3) is 1.71. The van der Waals surface area contributed by atoms with Crippen LogP contribution in [0.4, 0.5) is 5.82 Å². The zero-order chi connectivity index (χ0) is 13.7. The highest BCUT2D eigenvalue weighted by Gasteiger charge is 2.31. The summed E-state index contributed by atoms with van der Waals surface area (Å²) in [6.07, 6.45) is 7.23. The Morgan fingerprint density at radius 1 is 1.20 bits per heavy atom. The predicted molar refractivity (Wildman–Crippen MR) is 77.5 cm³/mol. The van der Waals surface area contributed by atoms with Gasteiger partial charge in [-0.15, -0.1) is 0 Å². The summed E-state index contributed by atoms with van der Waals surface area (Å²) in [5, 5.41) is 9.56. The van der Waals surface area contributed by atoms with Crippen LogP contribution in [0.1, 0.15) is 6.04 Å². The minimum atomic E-state index is 0.392. The van der Waals surface area contributed by atoms with Gasteiger partial charge in [0.05, 0.1) is 28.3 Å². The molecule has 3 aromatic heterocycles. The molecule has 1 saturated heterocycles. The smallest absolute Gasteiger partial charge is 0.163 e. The minimum absolute atomic E-state index is 0.392. The van der Waals surface area contributed by atoms with Gasteiger partial charge in [-0.1, -0.05) is 0 Å². The molecule has 0 aromatic carbocycles. The van der Waals surface area contributed by atoms with E-state index in [-0.39, 0.29) is 0 Å². The van der Waals surface area contributed by atoms with Crippen LogP contribution in [-0.2, 0) is 7.05 Å². The molecular weight excluding hydrogens is 322 g/mol. The number of anilines is 1. The Bertz CT molecular complexity index is 771. The number of hydrogen-bond acceptors (Lipinski definition) is 5. The van der Waals surface area contributed by atoms with Crippen LogP contribution in [0.2, 0.25) is 0 Å². The second kappa shape index (κ2) is 4.27. The summed E-state index contributed by atoms with van der Waals surface area (Å²) in [6, 6.07) is 0.392. The fraction of sp³-hybridized carbons (Fsp3) is 0.333. The zero-order valence-corrected chi connectivity index (χ0v) is 12.4. The lowest BCUT2D eigenvalue weighted by atomic mass is 10.1. The van der Waals surface area contributed by atoms with E-state index in [9.17, 15) is 0 Å². The van der Waals surface area contributed by atoms with Gasteiger partial charge >= 0.3 is 0 Å². The molecule has 0 unspecified atom stereocenters. The Kier molecular flexibility index (Phi) is 2.53. The summed E-state index contributed by atoms with van der Waals surface area (Å²) >= 11 is 3.42. The summed E-state index contributed by atoms with van der Waals surface area (Å²) in [5.74, 6) is 0.950. The van der Waals surface area contributed by atoms with E-state index in [1.54, 1.807) is 11.0 Å². The van der Waals surface area contributed by atoms with Crippen molar-refractivity contribution in [1.29, 1.82) is 0 Å². The van der Waals surface area contributed by atoms with Crippen LogP contribution in [-0.4, -0.2) is 42.6 Å². The molecule has 0 spiro atoms. The maximum absolute atomic E-state index is 4.40. The lowest BCUT2D eigenvalue weighted by Gasteiger charge is -2.40. The fourth-order valence-electron chi connectivity index (χ4n) is 2.51. The molecule has 0 radical (unpaired) electrons. The highest BCUT2D eigenvalue weighted by Crippen LogP contribution is 2.30. The molecule has 0 amide bonds. The summed E-state index contributed by atoms with van der Waals surface area (Å²) in [5.41, 5.74) is 0.861. The predicted octanol–water partition coefficient (Wildman–Crippen LogP) is 1.38. The van der Waals surface area contributed by atoms with Crippen molar-refractivity contribution in [2.45, 2.75) is 6.04 Å². The fourth-order valence-corrected chi connectivity index (χ4v) is 2.81. The van der Waals surface area contributed by atoms with Crippen molar-refractivity contribution < 1.29 is 0 Å². The lowest BCUT2D eigenvalue weighted by Crippen LogP contribution is -2.48. The van der Waals surface area contributed by atoms with E-state index < -0.39 is 0 Å². The number of fused-ring (bicyclic) bond motifs is 1. The summed E-state index contributed by atoms with van der Waals surface area (Å²) in [7, 11) is 1.89. The van der Waals surface area contributed by atoms with E-state index in [4.69, 9.17) is 0 Å². The van der Waals surface area contributed by atoms with E-state index in [2.05, 4.69) is 41.0 Å². The van der Waals surface area contributed by atoms with Crippen molar-refractivity contribution in [1.82, 2.24) is 29.5 Å². The molecule has 1 aliphatic rings.